The predicted molar refractivity (Wildman–Crippen MR) is 36.2 cm³/mol. The van der Waals surface area contributed by atoms with Crippen LogP contribution in [0.4, 0.5) is 4.39 Å². The average molecular weight is 137 g/mol. The zero-order valence-corrected chi connectivity index (χ0v) is 5.55. The fraction of sp³-hybridized carbons (Fsp3) is 0.375. The number of hydrogen-bond donors (Lipinski definition) is 0. The first kappa shape index (κ1) is 5.83. The van der Waals surface area contributed by atoms with Gasteiger partial charge in [0, 0.05) is 17.8 Å². The highest BCUT2D eigenvalue weighted by Crippen LogP contribution is 2.38. The largest absolute Gasteiger partial charge is 0.261 e. The summed E-state index contributed by atoms with van der Waals surface area (Å²) in [5.41, 5.74) is 0.917. The van der Waals surface area contributed by atoms with Crippen molar-refractivity contribution >= 4 is 0 Å². The Balaban J connectivity index is 2.32. The summed E-state index contributed by atoms with van der Waals surface area (Å²) in [6.45, 7) is 0. The Morgan fingerprint density at radius 3 is 2.90 bits per heavy atom. The summed E-state index contributed by atoms with van der Waals surface area (Å²) in [6.07, 6.45) is 3.88. The minimum Gasteiger partial charge on any atom is -0.261 e. The minimum absolute atomic E-state index is 0.170. The van der Waals surface area contributed by atoms with Gasteiger partial charge < -0.3 is 0 Å². The van der Waals surface area contributed by atoms with Crippen LogP contribution in [0.25, 0.3) is 0 Å². The third-order valence-electron chi connectivity index (χ3n) is 1.74. The Morgan fingerprint density at radius 1 is 1.50 bits per heavy atom. The van der Waals surface area contributed by atoms with E-state index in [1.807, 2.05) is 0 Å². The van der Waals surface area contributed by atoms with Crippen molar-refractivity contribution in [2.75, 3.05) is 0 Å². The van der Waals surface area contributed by atoms with Gasteiger partial charge in [0.25, 0.3) is 0 Å². The van der Waals surface area contributed by atoms with Crippen molar-refractivity contribution in [2.24, 2.45) is 0 Å². The standard InChI is InChI=1S/C8H8FN/c9-7-3-4-10-8(5-7)6-1-2-6/h3-6H,1-2H2. The van der Waals surface area contributed by atoms with Crippen LogP contribution < -0.4 is 0 Å². The molecule has 0 unspecified atom stereocenters. The van der Waals surface area contributed by atoms with Crippen molar-refractivity contribution in [1.29, 1.82) is 0 Å². The summed E-state index contributed by atoms with van der Waals surface area (Å²) < 4.78 is 12.5. The molecule has 0 radical (unpaired) electrons. The van der Waals surface area contributed by atoms with E-state index in [0.29, 0.717) is 5.92 Å². The molecule has 52 valence electrons. The van der Waals surface area contributed by atoms with Crippen LogP contribution in [0.15, 0.2) is 18.3 Å². The quantitative estimate of drug-likeness (QED) is 0.577. The van der Waals surface area contributed by atoms with Crippen LogP contribution in [0.1, 0.15) is 24.5 Å². The molecule has 2 rings (SSSR count). The molecule has 10 heavy (non-hydrogen) atoms. The van der Waals surface area contributed by atoms with Gasteiger partial charge in [0.1, 0.15) is 5.82 Å². The smallest absolute Gasteiger partial charge is 0.126 e. The number of hydrogen-bond acceptors (Lipinski definition) is 1. The molecular weight excluding hydrogens is 129 g/mol. The van der Waals surface area contributed by atoms with Crippen molar-refractivity contribution in [3.63, 3.8) is 0 Å². The monoisotopic (exact) mass is 137 g/mol. The zero-order chi connectivity index (χ0) is 6.97. The average Bonchev–Trinajstić information content (AvgIpc) is 2.68. The van der Waals surface area contributed by atoms with Crippen LogP contribution in [0.2, 0.25) is 0 Å². The number of rotatable bonds is 1. The van der Waals surface area contributed by atoms with E-state index < -0.39 is 0 Å². The van der Waals surface area contributed by atoms with Crippen molar-refractivity contribution in [3.05, 3.63) is 29.8 Å². The first-order valence-electron chi connectivity index (χ1n) is 3.48. The summed E-state index contributed by atoms with van der Waals surface area (Å²) in [6, 6.07) is 2.91. The van der Waals surface area contributed by atoms with Gasteiger partial charge in [-0.2, -0.15) is 0 Å². The Kier molecular flexibility index (Phi) is 1.19. The lowest BCUT2D eigenvalue weighted by Crippen LogP contribution is -1.85. The van der Waals surface area contributed by atoms with Crippen molar-refractivity contribution in [1.82, 2.24) is 4.98 Å². The van der Waals surface area contributed by atoms with Gasteiger partial charge in [-0.05, 0) is 25.0 Å². The molecule has 0 spiro atoms. The molecular formula is C8H8FN. The van der Waals surface area contributed by atoms with Gasteiger partial charge in [-0.1, -0.05) is 0 Å². The van der Waals surface area contributed by atoms with Crippen LogP contribution in [0.5, 0.6) is 0 Å². The van der Waals surface area contributed by atoms with E-state index in [1.54, 1.807) is 0 Å². The summed E-state index contributed by atoms with van der Waals surface area (Å²) >= 11 is 0. The Morgan fingerprint density at radius 2 is 2.30 bits per heavy atom. The van der Waals surface area contributed by atoms with E-state index in [9.17, 15) is 4.39 Å². The molecule has 1 aromatic rings. The second-order valence-corrected chi connectivity index (χ2v) is 2.67. The van der Waals surface area contributed by atoms with E-state index in [4.69, 9.17) is 0 Å². The third-order valence-corrected chi connectivity index (χ3v) is 1.74. The normalized spacial score (nSPS) is 17.3. The maximum atomic E-state index is 12.5. The van der Waals surface area contributed by atoms with Gasteiger partial charge in [0.2, 0.25) is 0 Å². The van der Waals surface area contributed by atoms with Gasteiger partial charge in [0.15, 0.2) is 0 Å². The van der Waals surface area contributed by atoms with Crippen LogP contribution in [0, 0.1) is 5.82 Å². The van der Waals surface area contributed by atoms with Gasteiger partial charge in [-0.3, -0.25) is 4.98 Å². The van der Waals surface area contributed by atoms with Crippen LogP contribution in [0.3, 0.4) is 0 Å². The zero-order valence-electron chi connectivity index (χ0n) is 5.55. The van der Waals surface area contributed by atoms with Gasteiger partial charge in [-0.25, -0.2) is 4.39 Å². The molecule has 1 aliphatic rings. The SMILES string of the molecule is Fc1ccnc(C2CC2)c1. The lowest BCUT2D eigenvalue weighted by Gasteiger charge is -1.93. The first-order chi connectivity index (χ1) is 4.86. The first-order valence-corrected chi connectivity index (χ1v) is 3.48. The molecule has 1 aromatic heterocycles. The topological polar surface area (TPSA) is 12.9 Å². The summed E-state index contributed by atoms with van der Waals surface area (Å²) in [5.74, 6) is 0.382. The molecule has 1 fully saturated rings. The molecule has 0 amide bonds. The second kappa shape index (κ2) is 2.04. The number of pyridine rings is 1. The number of halogens is 1. The third kappa shape index (κ3) is 1.01. The molecule has 0 atom stereocenters. The van der Waals surface area contributed by atoms with Crippen molar-refractivity contribution in [3.8, 4) is 0 Å². The molecule has 0 bridgehead atoms. The maximum Gasteiger partial charge on any atom is 0.126 e. The van der Waals surface area contributed by atoms with E-state index >= 15 is 0 Å². The van der Waals surface area contributed by atoms with E-state index in [2.05, 4.69) is 4.98 Å². The van der Waals surface area contributed by atoms with E-state index in [1.165, 1.54) is 31.2 Å². The predicted octanol–water partition coefficient (Wildman–Crippen LogP) is 2.10. The molecule has 1 saturated carbocycles. The maximum absolute atomic E-state index is 12.5. The summed E-state index contributed by atoms with van der Waals surface area (Å²) in [7, 11) is 0. The van der Waals surface area contributed by atoms with Crippen LogP contribution >= 0.6 is 0 Å². The molecule has 2 heteroatoms. The Bertz CT molecular complexity index is 243. The van der Waals surface area contributed by atoms with Crippen molar-refractivity contribution < 1.29 is 4.39 Å². The molecule has 1 heterocycles. The Labute approximate surface area is 58.9 Å². The fourth-order valence-corrected chi connectivity index (χ4v) is 1.02. The molecule has 0 saturated heterocycles. The number of nitrogens with zero attached hydrogens (tertiary/aromatic N) is 1. The van der Waals surface area contributed by atoms with E-state index in [-0.39, 0.29) is 5.82 Å². The van der Waals surface area contributed by atoms with Crippen LogP contribution in [-0.4, -0.2) is 4.98 Å². The highest BCUT2D eigenvalue weighted by Gasteiger charge is 2.24. The van der Waals surface area contributed by atoms with E-state index in [0.717, 1.165) is 5.69 Å². The Hall–Kier alpha value is -0.920. The molecule has 1 nitrogen and oxygen atoms in total. The second-order valence-electron chi connectivity index (χ2n) is 2.67. The lowest BCUT2D eigenvalue weighted by atomic mass is 10.2. The summed E-state index contributed by atoms with van der Waals surface area (Å²) in [5, 5.41) is 0. The number of aromatic nitrogens is 1. The highest BCUT2D eigenvalue weighted by molar-refractivity contribution is 5.15. The minimum atomic E-state index is -0.170. The van der Waals surface area contributed by atoms with Gasteiger partial charge in [-0.15, -0.1) is 0 Å². The van der Waals surface area contributed by atoms with Gasteiger partial charge in [0.05, 0.1) is 0 Å². The van der Waals surface area contributed by atoms with Crippen molar-refractivity contribution in [2.45, 2.75) is 18.8 Å². The molecule has 0 aromatic carbocycles. The summed E-state index contributed by atoms with van der Waals surface area (Å²) in [4.78, 5) is 4.06. The molecule has 1 aliphatic carbocycles. The van der Waals surface area contributed by atoms with Gasteiger partial charge >= 0.3 is 0 Å². The molecule has 0 N–H and O–H groups in total. The molecule has 0 aliphatic heterocycles. The van der Waals surface area contributed by atoms with Crippen LogP contribution in [-0.2, 0) is 0 Å². The fourth-order valence-electron chi connectivity index (χ4n) is 1.02. The lowest BCUT2D eigenvalue weighted by molar-refractivity contribution is 0.622. The highest BCUT2D eigenvalue weighted by atomic mass is 19.1.